The smallest absolute Gasteiger partial charge is 0.257 e. The summed E-state index contributed by atoms with van der Waals surface area (Å²) in [4.78, 5) is 52.5. The number of halogens is 2. The zero-order valence-electron chi connectivity index (χ0n) is 33.5. The number of fused-ring (bicyclic) bond motifs is 2. The van der Waals surface area contributed by atoms with Gasteiger partial charge >= 0.3 is 0 Å². The fourth-order valence-corrected chi connectivity index (χ4v) is 9.86. The van der Waals surface area contributed by atoms with Crippen molar-refractivity contribution in [3.63, 3.8) is 0 Å². The van der Waals surface area contributed by atoms with Gasteiger partial charge in [0.2, 0.25) is 0 Å². The second-order valence-corrected chi connectivity index (χ2v) is 17.7. The van der Waals surface area contributed by atoms with Crippen molar-refractivity contribution in [3.8, 4) is 21.7 Å². The third-order valence-electron chi connectivity index (χ3n) is 10.7. The maximum atomic E-state index is 14.2. The fraction of sp³-hybridized carbons (Fsp3) is 0.0400. The highest BCUT2D eigenvalue weighted by atomic mass is 35.5. The molecule has 0 radical (unpaired) electrons. The Morgan fingerprint density at radius 2 is 1.08 bits per heavy atom. The molecule has 0 fully saturated rings. The van der Waals surface area contributed by atoms with Gasteiger partial charge in [-0.15, -0.1) is 22.7 Å². The average Bonchev–Trinajstić information content (AvgIpc) is 4.07. The number of amidine groups is 2. The maximum Gasteiger partial charge on any atom is 0.257 e. The molecule has 6 aromatic carbocycles. The van der Waals surface area contributed by atoms with Crippen LogP contribution >= 0.6 is 45.9 Å². The number of H-pyrrole nitrogens is 1. The van der Waals surface area contributed by atoms with E-state index in [0.717, 1.165) is 42.7 Å². The second-order valence-electron chi connectivity index (χ2n) is 14.8. The Hall–Kier alpha value is -7.02. The van der Waals surface area contributed by atoms with E-state index in [0.29, 0.717) is 65.1 Å². The summed E-state index contributed by atoms with van der Waals surface area (Å²) in [6, 6.07) is 45.5. The monoisotopic (exact) mass is 897 g/mol. The lowest BCUT2D eigenvalue weighted by atomic mass is 9.99. The highest BCUT2D eigenvalue weighted by Gasteiger charge is 2.33. The zero-order valence-corrected chi connectivity index (χ0v) is 36.7. The van der Waals surface area contributed by atoms with Crippen molar-refractivity contribution in [1.82, 2.24) is 20.3 Å². The van der Waals surface area contributed by atoms with Crippen molar-refractivity contribution in [1.29, 1.82) is 0 Å². The lowest BCUT2D eigenvalue weighted by Gasteiger charge is -2.11. The van der Waals surface area contributed by atoms with Crippen molar-refractivity contribution in [2.24, 2.45) is 9.98 Å². The number of anilines is 1. The van der Waals surface area contributed by atoms with Crippen LogP contribution in [-0.2, 0) is 0 Å². The van der Waals surface area contributed by atoms with Gasteiger partial charge in [0.25, 0.3) is 11.8 Å². The number of benzene rings is 6. The van der Waals surface area contributed by atoms with Crippen LogP contribution < -0.4 is 10.6 Å². The van der Waals surface area contributed by atoms with Crippen LogP contribution in [0, 0.1) is 13.8 Å². The molecule has 9 aromatic rings. The quantitative estimate of drug-likeness (QED) is 0.140. The van der Waals surface area contributed by atoms with Crippen LogP contribution in [0.1, 0.15) is 42.4 Å². The van der Waals surface area contributed by atoms with Crippen molar-refractivity contribution < 1.29 is 9.59 Å². The third-order valence-corrected chi connectivity index (χ3v) is 13.3. The summed E-state index contributed by atoms with van der Waals surface area (Å²) in [6.45, 7) is 3.79. The number of rotatable bonds is 8. The minimum Gasteiger partial charge on any atom is -0.325 e. The van der Waals surface area contributed by atoms with Crippen LogP contribution in [-0.4, -0.2) is 38.4 Å². The number of carbonyl (C=O) groups excluding carboxylic acids is 2. The molecule has 0 atom stereocenters. The topological polar surface area (TPSA) is 124 Å². The van der Waals surface area contributed by atoms with Gasteiger partial charge in [-0.25, -0.2) is 20.0 Å². The summed E-state index contributed by atoms with van der Waals surface area (Å²) in [6.07, 6.45) is 0. The number of hydrogen-bond donors (Lipinski definition) is 3. The van der Waals surface area contributed by atoms with Crippen molar-refractivity contribution in [2.75, 3.05) is 5.32 Å². The summed E-state index contributed by atoms with van der Waals surface area (Å²) >= 11 is 16.0. The van der Waals surface area contributed by atoms with E-state index in [9.17, 15) is 9.59 Å². The van der Waals surface area contributed by atoms with Gasteiger partial charge in [0.05, 0.1) is 31.6 Å². The standard InChI is InChI=1S/C50H33Cl2N7O2S2/c1-27-11-3-5-13-33(27)47(60)58-45-41(49-53-35-15-7-9-17-37(35)62-49)39(29-19-23-31(51)24-20-29)43(56-45)55-44-40(30-21-25-32(52)26-22-30)42(50-54-36-16-8-10-18-38(36)63-50)46(57-44)59-48(61)34-14-6-4-12-28(34)2/h3-26,56H,1-2H3,(H,58,60)(H,55,57,59,61). The van der Waals surface area contributed by atoms with Crippen LogP contribution in [0.2, 0.25) is 10.0 Å². The van der Waals surface area contributed by atoms with Crippen molar-refractivity contribution in [2.45, 2.75) is 13.8 Å². The number of aliphatic imine (C=N–C) groups is 2. The van der Waals surface area contributed by atoms with Gasteiger partial charge in [0.1, 0.15) is 27.5 Å². The molecule has 3 aromatic heterocycles. The van der Waals surface area contributed by atoms with Crippen LogP contribution in [0.3, 0.4) is 0 Å². The molecule has 0 spiro atoms. The molecule has 0 aliphatic carbocycles. The fourth-order valence-electron chi connectivity index (χ4n) is 7.57. The maximum absolute atomic E-state index is 14.2. The molecule has 1 aliphatic heterocycles. The van der Waals surface area contributed by atoms with Gasteiger partial charge in [0.15, 0.2) is 5.84 Å². The van der Waals surface area contributed by atoms with Crippen LogP contribution in [0.15, 0.2) is 156 Å². The number of nitrogens with one attached hydrogen (secondary N) is 3. The van der Waals surface area contributed by atoms with Gasteiger partial charge in [-0.05, 0) is 96.8 Å². The van der Waals surface area contributed by atoms with E-state index in [1.807, 2.05) is 135 Å². The largest absolute Gasteiger partial charge is 0.325 e. The average molecular weight is 899 g/mol. The molecular weight excluding hydrogens is 866 g/mol. The van der Waals surface area contributed by atoms with E-state index in [2.05, 4.69) is 15.6 Å². The van der Waals surface area contributed by atoms with E-state index >= 15 is 0 Å². The van der Waals surface area contributed by atoms with Crippen molar-refractivity contribution >= 4 is 113 Å². The van der Waals surface area contributed by atoms with Gasteiger partial charge in [-0.2, -0.15) is 0 Å². The predicted molar refractivity (Wildman–Crippen MR) is 260 cm³/mol. The molecule has 3 N–H and O–H groups in total. The number of hydrogen-bond acceptors (Lipinski definition) is 7. The van der Waals surface area contributed by atoms with Crippen molar-refractivity contribution in [3.05, 3.63) is 188 Å². The number of thiazole rings is 2. The molecule has 4 heterocycles. The third kappa shape index (κ3) is 7.76. The molecule has 63 heavy (non-hydrogen) atoms. The second kappa shape index (κ2) is 16.7. The number of amides is 2. The molecule has 1 aliphatic rings. The first kappa shape index (κ1) is 40.1. The zero-order chi connectivity index (χ0) is 43.2. The number of aromatic amines is 1. The molecule has 0 saturated heterocycles. The Labute approximate surface area is 379 Å². The molecule has 9 nitrogen and oxygen atoms in total. The number of aryl methyl sites for hydroxylation is 2. The predicted octanol–water partition coefficient (Wildman–Crippen LogP) is 13.2. The van der Waals surface area contributed by atoms with Crippen LogP contribution in [0.25, 0.3) is 53.3 Å². The van der Waals surface area contributed by atoms with Gasteiger partial charge in [-0.1, -0.05) is 108 Å². The Bertz CT molecular complexity index is 3320. The number of nitrogens with zero attached hydrogens (tertiary/aromatic N) is 4. The highest BCUT2D eigenvalue weighted by Crippen LogP contribution is 2.48. The van der Waals surface area contributed by atoms with Crippen LogP contribution in [0.5, 0.6) is 0 Å². The minimum atomic E-state index is -0.330. The molecule has 0 unspecified atom stereocenters. The molecule has 10 rings (SSSR count). The summed E-state index contributed by atoms with van der Waals surface area (Å²) < 4.78 is 1.94. The molecule has 13 heteroatoms. The summed E-state index contributed by atoms with van der Waals surface area (Å²) in [5.41, 5.74) is 8.29. The van der Waals surface area contributed by atoms with E-state index in [1.54, 1.807) is 24.3 Å². The number of aromatic nitrogens is 3. The first-order valence-electron chi connectivity index (χ1n) is 19.8. The number of carbonyl (C=O) groups is 2. The summed E-state index contributed by atoms with van der Waals surface area (Å²) in [7, 11) is 0. The Balaban J connectivity index is 1.25. The highest BCUT2D eigenvalue weighted by molar-refractivity contribution is 7.21. The van der Waals surface area contributed by atoms with E-state index in [1.165, 1.54) is 22.7 Å². The molecule has 2 amide bonds. The van der Waals surface area contributed by atoms with Crippen LogP contribution in [0.4, 0.5) is 11.6 Å². The Kier molecular flexibility index (Phi) is 10.6. The lowest BCUT2D eigenvalue weighted by Crippen LogP contribution is -2.31. The normalized spacial score (nSPS) is 13.3. The van der Waals surface area contributed by atoms with Gasteiger partial charge in [-0.3, -0.25) is 9.59 Å². The van der Waals surface area contributed by atoms with Gasteiger partial charge < -0.3 is 15.6 Å². The van der Waals surface area contributed by atoms with Gasteiger partial charge in [0, 0.05) is 32.3 Å². The lowest BCUT2D eigenvalue weighted by molar-refractivity contribution is 0.0975. The molecule has 0 bridgehead atoms. The first-order chi connectivity index (χ1) is 30.7. The molecule has 306 valence electrons. The minimum absolute atomic E-state index is 0.282. The summed E-state index contributed by atoms with van der Waals surface area (Å²) in [5, 5.41) is 8.73. The Morgan fingerprint density at radius 3 is 1.67 bits per heavy atom. The van der Waals surface area contributed by atoms with E-state index < -0.39 is 0 Å². The summed E-state index contributed by atoms with van der Waals surface area (Å²) in [5.74, 6) is 0.708. The van der Waals surface area contributed by atoms with E-state index in [4.69, 9.17) is 43.2 Å². The van der Waals surface area contributed by atoms with E-state index in [-0.39, 0.29) is 23.5 Å². The SMILES string of the molecule is Cc1ccccc1C(=O)NC1=NC(=Nc2[nH]c(NC(=O)c3ccccc3C)c(-c3nc4ccccc4s3)c2-c2ccc(Cl)cc2)C(c2ccc(Cl)cc2)=C1c1nc2ccccc2s1. The Morgan fingerprint density at radius 1 is 0.571 bits per heavy atom. The first-order valence-corrected chi connectivity index (χ1v) is 22.2. The number of para-hydroxylation sites is 2. The molecular formula is C50H33Cl2N7O2S2. The molecule has 0 saturated carbocycles.